The Morgan fingerprint density at radius 3 is 1.54 bits per heavy atom. The van der Waals surface area contributed by atoms with E-state index in [-0.39, 0.29) is 59.2 Å². The van der Waals surface area contributed by atoms with Crippen LogP contribution in [0.15, 0.2) is 66.1 Å². The van der Waals surface area contributed by atoms with E-state index in [0.717, 1.165) is 49.9 Å². The molecule has 7 N–H and O–H groups in total. The number of likely N-dealkylation sites (tertiary alicyclic amines) is 2. The third kappa shape index (κ3) is 13.2. The average molecular weight is 801 g/mol. The smallest absolute Gasteiger partial charge is 0.224 e. The number of aryl methyl sites for hydroxylation is 2. The van der Waals surface area contributed by atoms with E-state index in [9.17, 15) is 23.4 Å². The molecule has 2 aromatic carbocycles. The highest BCUT2D eigenvalue weighted by Gasteiger charge is 2.22. The van der Waals surface area contributed by atoms with Crippen LogP contribution in [0.1, 0.15) is 96.9 Å². The lowest BCUT2D eigenvalue weighted by Gasteiger charge is -2.31. The third-order valence-electron chi connectivity index (χ3n) is 9.46. The van der Waals surface area contributed by atoms with E-state index < -0.39 is 10.8 Å². The molecule has 0 aliphatic carbocycles. The fraction of sp³-hybridized carbons (Fsp3) is 0.415. The molecule has 2 aliphatic heterocycles. The number of nitrogen functional groups attached to an aromatic ring is 2. The van der Waals surface area contributed by atoms with Gasteiger partial charge in [0.25, 0.3) is 0 Å². The van der Waals surface area contributed by atoms with Gasteiger partial charge in [0, 0.05) is 81.4 Å². The molecule has 16 heteroatoms. The minimum atomic E-state index is -1.28. The molecule has 0 saturated carbocycles. The van der Waals surface area contributed by atoms with Crippen LogP contribution in [0, 0.1) is 13.8 Å². The zero-order valence-electron chi connectivity index (χ0n) is 32.7. The van der Waals surface area contributed by atoms with E-state index in [1.165, 1.54) is 12.4 Å². The topological polar surface area (TPSA) is 233 Å². The first-order valence-electron chi connectivity index (χ1n) is 18.6. The molecule has 306 valence electrons. The quantitative estimate of drug-likeness (QED) is 0.144. The minimum absolute atomic E-state index is 0. The zero-order valence-corrected chi connectivity index (χ0v) is 33.5. The first-order valence-corrected chi connectivity index (χ1v) is 19.9. The van der Waals surface area contributed by atoms with Crippen molar-refractivity contribution >= 4 is 51.8 Å². The molecule has 2 fully saturated rings. The number of aromatic nitrogens is 4. The second kappa shape index (κ2) is 21.6. The lowest BCUT2D eigenvalue weighted by atomic mass is 10.0. The molecule has 4 aromatic rings. The van der Waals surface area contributed by atoms with Crippen molar-refractivity contribution in [3.63, 3.8) is 0 Å². The van der Waals surface area contributed by atoms with E-state index in [4.69, 9.17) is 17.2 Å². The van der Waals surface area contributed by atoms with Gasteiger partial charge >= 0.3 is 0 Å². The Morgan fingerprint density at radius 2 is 1.14 bits per heavy atom. The monoisotopic (exact) mass is 800 g/mol. The lowest BCUT2D eigenvalue weighted by molar-refractivity contribution is -0.130. The molecule has 2 amide bonds. The van der Waals surface area contributed by atoms with Crippen molar-refractivity contribution in [2.24, 2.45) is 5.73 Å². The summed E-state index contributed by atoms with van der Waals surface area (Å²) in [6, 6.07) is 15.0. The number of rotatable bonds is 8. The molecule has 0 radical (unpaired) electrons. The maximum atomic E-state index is 12.6. The summed E-state index contributed by atoms with van der Waals surface area (Å²) in [5.41, 5.74) is 21.2. The Hall–Kier alpha value is -5.61. The number of nitrogens with zero attached hydrogens (tertiary/aromatic N) is 6. The maximum Gasteiger partial charge on any atom is 0.224 e. The van der Waals surface area contributed by atoms with Crippen molar-refractivity contribution < 1.29 is 23.4 Å². The summed E-state index contributed by atoms with van der Waals surface area (Å²) in [5.74, 6) is 0.876. The van der Waals surface area contributed by atoms with Gasteiger partial charge in [0.1, 0.15) is 11.6 Å². The van der Waals surface area contributed by atoms with Crippen LogP contribution < -0.4 is 22.5 Å². The minimum Gasteiger partial charge on any atom is -0.383 e. The Morgan fingerprint density at radius 1 is 0.719 bits per heavy atom. The highest BCUT2D eigenvalue weighted by molar-refractivity contribution is 7.84. The van der Waals surface area contributed by atoms with Crippen LogP contribution in [0.3, 0.4) is 0 Å². The molecule has 2 aromatic heterocycles. The molecule has 0 spiro atoms. The molecule has 15 nitrogen and oxygen atoms in total. The summed E-state index contributed by atoms with van der Waals surface area (Å²) in [4.78, 5) is 67.1. The van der Waals surface area contributed by atoms with Crippen LogP contribution in [0.25, 0.3) is 0 Å². The fourth-order valence-corrected chi connectivity index (χ4v) is 6.52. The number of piperidine rings is 2. The summed E-state index contributed by atoms with van der Waals surface area (Å²) in [5, 5.41) is 3.40. The number of nitrogens with one attached hydrogen (secondary N) is 1. The van der Waals surface area contributed by atoms with Crippen molar-refractivity contribution in [1.82, 2.24) is 29.7 Å². The molecule has 2 aliphatic rings. The van der Waals surface area contributed by atoms with Crippen LogP contribution in [-0.2, 0) is 20.4 Å². The van der Waals surface area contributed by atoms with Crippen LogP contribution in [-0.4, -0.2) is 101 Å². The first-order chi connectivity index (χ1) is 26.7. The predicted molar refractivity (Wildman–Crippen MR) is 224 cm³/mol. The number of hydrogen-bond donors (Lipinski definition) is 4. The number of ketones is 2. The summed E-state index contributed by atoms with van der Waals surface area (Å²) in [6.45, 7) is 12.0. The van der Waals surface area contributed by atoms with Gasteiger partial charge in [-0.2, -0.15) is 4.98 Å². The highest BCUT2D eigenvalue weighted by atomic mass is 32.2. The van der Waals surface area contributed by atoms with Gasteiger partial charge in [-0.1, -0.05) is 74.0 Å². The van der Waals surface area contributed by atoms with Crippen LogP contribution in [0.5, 0.6) is 0 Å². The number of amides is 2. The number of benzene rings is 2. The normalized spacial score (nSPS) is 14.8. The Bertz CT molecular complexity index is 2010. The summed E-state index contributed by atoms with van der Waals surface area (Å²) >= 11 is 0. The molecule has 57 heavy (non-hydrogen) atoms. The molecular weight excluding hydrogens is 745 g/mol. The van der Waals surface area contributed by atoms with Gasteiger partial charge in [0.2, 0.25) is 22.9 Å². The Kier molecular flexibility index (Phi) is 17.4. The number of carbonyl (C=O) groups is 4. The highest BCUT2D eigenvalue weighted by Crippen LogP contribution is 2.20. The second-order valence-electron chi connectivity index (χ2n) is 13.7. The van der Waals surface area contributed by atoms with Crippen molar-refractivity contribution in [2.75, 3.05) is 48.7 Å². The summed E-state index contributed by atoms with van der Waals surface area (Å²) in [6.07, 6.45) is 6.38. The second-order valence-corrected chi connectivity index (χ2v) is 15.4. The van der Waals surface area contributed by atoms with Gasteiger partial charge in [0.05, 0.1) is 21.9 Å². The molecule has 0 bridgehead atoms. The van der Waals surface area contributed by atoms with Gasteiger partial charge in [-0.05, 0) is 39.5 Å². The predicted octanol–water partition coefficient (Wildman–Crippen LogP) is 4.34. The lowest BCUT2D eigenvalue weighted by Crippen LogP contribution is -2.41. The number of nitrogens with two attached hydrogens (primary N) is 3. The Labute approximate surface area is 337 Å². The summed E-state index contributed by atoms with van der Waals surface area (Å²) < 4.78 is 11.6. The van der Waals surface area contributed by atoms with Crippen molar-refractivity contribution in [2.45, 2.75) is 85.0 Å². The molecule has 1 atom stereocenters. The molecule has 2 saturated heterocycles. The number of hydrogen-bond acceptors (Lipinski definition) is 13. The average Bonchev–Trinajstić information content (AvgIpc) is 3.18. The fourth-order valence-electron chi connectivity index (χ4n) is 5.89. The number of anilines is 3. The van der Waals surface area contributed by atoms with Gasteiger partial charge in [-0.15, -0.1) is 0 Å². The largest absolute Gasteiger partial charge is 0.383 e. The Balaban J connectivity index is 0.000000248. The van der Waals surface area contributed by atoms with Crippen molar-refractivity contribution in [3.05, 3.63) is 94.3 Å². The van der Waals surface area contributed by atoms with Gasteiger partial charge < -0.3 is 32.3 Å². The SMILES string of the molecule is C.CC(=O)N1CCC(N)CC1.CC(=O)N1CCC(Nc2ncc(C(=O)c3ccc(C)cc3)c(N)n2)CC1.CCS(=O)c1ncc(C(=O)c2ccc(C)cc2)c(N)n1. The van der Waals surface area contributed by atoms with Gasteiger partial charge in [-0.3, -0.25) is 23.4 Å². The van der Waals surface area contributed by atoms with Crippen LogP contribution in [0.4, 0.5) is 17.6 Å². The van der Waals surface area contributed by atoms with Gasteiger partial charge in [-0.25, -0.2) is 15.0 Å². The van der Waals surface area contributed by atoms with E-state index in [1.54, 1.807) is 45.0 Å². The summed E-state index contributed by atoms with van der Waals surface area (Å²) in [7, 11) is -1.28. The van der Waals surface area contributed by atoms with E-state index in [1.807, 2.05) is 47.9 Å². The van der Waals surface area contributed by atoms with Gasteiger partial charge in [0.15, 0.2) is 11.6 Å². The van der Waals surface area contributed by atoms with Crippen LogP contribution >= 0.6 is 0 Å². The van der Waals surface area contributed by atoms with Crippen molar-refractivity contribution in [1.29, 1.82) is 0 Å². The van der Waals surface area contributed by atoms with E-state index >= 15 is 0 Å². The maximum absolute atomic E-state index is 12.6. The zero-order chi connectivity index (χ0) is 40.9. The standard InChI is InChI=1S/C19H23N5O2.C14H15N3O2S.C7H14N2O.CH4/c1-12-3-5-14(6-4-12)17(26)16-11-21-19(23-18(16)20)22-15-7-9-24(10-8-15)13(2)25;1-3-20(19)14-16-8-11(13(15)17-14)12(18)10-6-4-9(2)5-7-10;1-6(10)9-4-2-7(8)3-5-9;/h3-6,11,15H,7-10H2,1-2H3,(H3,20,21,22,23);4-8H,3H2,1-2H3,(H2,15,16,17);7H,2-5,8H2,1H3;1H4. The molecular formula is C41H56N10O5S. The van der Waals surface area contributed by atoms with E-state index in [2.05, 4.69) is 25.3 Å². The molecule has 4 heterocycles. The first kappa shape index (κ1) is 45.8. The molecule has 6 rings (SSSR count). The van der Waals surface area contributed by atoms with E-state index in [0.29, 0.717) is 47.5 Å². The van der Waals surface area contributed by atoms with Crippen LogP contribution in [0.2, 0.25) is 0 Å². The van der Waals surface area contributed by atoms with Crippen molar-refractivity contribution in [3.8, 4) is 0 Å². The third-order valence-corrected chi connectivity index (χ3v) is 10.6. The number of carbonyl (C=O) groups excluding carboxylic acids is 4. The molecule has 1 unspecified atom stereocenters.